The molecule has 1 spiro atoms. The van der Waals surface area contributed by atoms with Gasteiger partial charge in [0.25, 0.3) is 0 Å². The number of anilines is 2. The molecule has 1 amide bonds. The van der Waals surface area contributed by atoms with E-state index in [4.69, 9.17) is 21.7 Å². The van der Waals surface area contributed by atoms with E-state index in [1.807, 2.05) is 36.4 Å². The van der Waals surface area contributed by atoms with Gasteiger partial charge in [0.15, 0.2) is 16.6 Å². The number of likely N-dealkylation sites (tertiary alicyclic amines) is 1. The Kier molecular flexibility index (Phi) is 4.86. The molecular weight excluding hydrogens is 400 g/mol. The summed E-state index contributed by atoms with van der Waals surface area (Å²) in [6.07, 6.45) is 1.44. The van der Waals surface area contributed by atoms with Gasteiger partial charge in [0.2, 0.25) is 5.91 Å². The lowest BCUT2D eigenvalue weighted by molar-refractivity contribution is -0.124. The maximum Gasteiger partial charge on any atom is 0.247 e. The number of rotatable bonds is 2. The Bertz CT molecular complexity index is 960. The third-order valence-electron chi connectivity index (χ3n) is 6.08. The molecule has 0 aliphatic carbocycles. The first kappa shape index (κ1) is 19.0. The van der Waals surface area contributed by atoms with Crippen LogP contribution in [0.25, 0.3) is 0 Å². The smallest absolute Gasteiger partial charge is 0.247 e. The molecule has 0 atom stereocenters. The highest BCUT2D eigenvalue weighted by Gasteiger charge is 2.50. The van der Waals surface area contributed by atoms with Crippen LogP contribution in [0, 0.1) is 0 Å². The van der Waals surface area contributed by atoms with Crippen LogP contribution in [0.3, 0.4) is 0 Å². The van der Waals surface area contributed by atoms with Crippen LogP contribution in [-0.4, -0.2) is 54.4 Å². The molecule has 0 unspecified atom stereocenters. The van der Waals surface area contributed by atoms with Crippen LogP contribution in [0.1, 0.15) is 12.8 Å². The Morgan fingerprint density at radius 3 is 2.53 bits per heavy atom. The Balaban J connectivity index is 1.26. The SMILES string of the molecule is O=C1NCN(c2ccccc2)C12CCN(C(=S)Nc1ccc3c(c1)OCCO3)CC2. The van der Waals surface area contributed by atoms with Gasteiger partial charge in [-0.05, 0) is 49.3 Å². The highest BCUT2D eigenvalue weighted by atomic mass is 32.1. The van der Waals surface area contributed by atoms with E-state index >= 15 is 0 Å². The average molecular weight is 425 g/mol. The zero-order chi connectivity index (χ0) is 20.6. The summed E-state index contributed by atoms with van der Waals surface area (Å²) in [5.41, 5.74) is 1.43. The number of nitrogens with one attached hydrogen (secondary N) is 2. The number of para-hydroxylation sites is 1. The number of piperidine rings is 1. The molecule has 8 heteroatoms. The predicted octanol–water partition coefficient (Wildman–Crippen LogP) is 2.58. The van der Waals surface area contributed by atoms with E-state index in [1.165, 1.54) is 0 Å². The molecule has 2 aromatic rings. The van der Waals surface area contributed by atoms with Crippen molar-refractivity contribution in [2.75, 3.05) is 43.2 Å². The number of amides is 1. The van der Waals surface area contributed by atoms with Crippen LogP contribution in [-0.2, 0) is 4.79 Å². The van der Waals surface area contributed by atoms with Crippen molar-refractivity contribution >= 4 is 34.6 Å². The second-order valence-corrected chi connectivity index (χ2v) is 8.12. The lowest BCUT2D eigenvalue weighted by atomic mass is 9.86. The minimum Gasteiger partial charge on any atom is -0.486 e. The Morgan fingerprint density at radius 2 is 1.77 bits per heavy atom. The summed E-state index contributed by atoms with van der Waals surface area (Å²) in [5.74, 6) is 1.59. The number of ether oxygens (including phenoxy) is 2. The number of carbonyl (C=O) groups excluding carboxylic acids is 1. The third-order valence-corrected chi connectivity index (χ3v) is 6.44. The van der Waals surface area contributed by atoms with Gasteiger partial charge in [0.05, 0.1) is 6.67 Å². The molecular formula is C22H24N4O3S. The predicted molar refractivity (Wildman–Crippen MR) is 119 cm³/mol. The van der Waals surface area contributed by atoms with Crippen LogP contribution < -0.4 is 25.0 Å². The second-order valence-electron chi connectivity index (χ2n) is 7.73. The van der Waals surface area contributed by atoms with Gasteiger partial charge < -0.3 is 29.9 Å². The molecule has 0 radical (unpaired) electrons. The van der Waals surface area contributed by atoms with E-state index in [9.17, 15) is 4.79 Å². The summed E-state index contributed by atoms with van der Waals surface area (Å²) in [5, 5.41) is 7.00. The molecule has 7 nitrogen and oxygen atoms in total. The summed E-state index contributed by atoms with van der Waals surface area (Å²) in [6.45, 7) is 3.10. The van der Waals surface area contributed by atoms with E-state index in [1.54, 1.807) is 0 Å². The summed E-state index contributed by atoms with van der Waals surface area (Å²) < 4.78 is 11.2. The summed E-state index contributed by atoms with van der Waals surface area (Å²) in [7, 11) is 0. The van der Waals surface area contributed by atoms with Crippen molar-refractivity contribution in [3.05, 3.63) is 48.5 Å². The third kappa shape index (κ3) is 3.31. The van der Waals surface area contributed by atoms with Crippen molar-refractivity contribution in [3.8, 4) is 11.5 Å². The van der Waals surface area contributed by atoms with E-state index < -0.39 is 5.54 Å². The van der Waals surface area contributed by atoms with Gasteiger partial charge in [-0.25, -0.2) is 0 Å². The van der Waals surface area contributed by atoms with E-state index in [0.717, 1.165) is 35.7 Å². The molecule has 0 bridgehead atoms. The Labute approximate surface area is 180 Å². The van der Waals surface area contributed by atoms with Crippen molar-refractivity contribution < 1.29 is 14.3 Å². The van der Waals surface area contributed by atoms with Gasteiger partial charge >= 0.3 is 0 Å². The molecule has 0 saturated carbocycles. The number of hydrogen-bond acceptors (Lipinski definition) is 5. The molecule has 3 aliphatic heterocycles. The molecule has 2 saturated heterocycles. The van der Waals surface area contributed by atoms with Crippen molar-refractivity contribution in [3.63, 3.8) is 0 Å². The summed E-state index contributed by atoms with van der Waals surface area (Å²) >= 11 is 5.65. The normalized spacial score (nSPS) is 19.5. The molecule has 30 heavy (non-hydrogen) atoms. The van der Waals surface area contributed by atoms with E-state index in [-0.39, 0.29) is 5.91 Å². The van der Waals surface area contributed by atoms with Crippen LogP contribution >= 0.6 is 12.2 Å². The van der Waals surface area contributed by atoms with Crippen LogP contribution in [0.2, 0.25) is 0 Å². The topological polar surface area (TPSA) is 66.1 Å². The highest BCUT2D eigenvalue weighted by Crippen LogP contribution is 2.37. The molecule has 3 aliphatic rings. The maximum absolute atomic E-state index is 12.8. The first-order valence-electron chi connectivity index (χ1n) is 10.2. The standard InChI is InChI=1S/C22H24N4O3S/c27-20-22(26(15-23-20)17-4-2-1-3-5-17)8-10-25(11-9-22)21(30)24-16-6-7-18-19(14-16)29-13-12-28-18/h1-7,14H,8-13,15H2,(H,23,27)(H,24,30). The van der Waals surface area contributed by atoms with Crippen LogP contribution in [0.15, 0.2) is 48.5 Å². The first-order valence-corrected chi connectivity index (χ1v) is 10.6. The minimum absolute atomic E-state index is 0.108. The van der Waals surface area contributed by atoms with Crippen molar-refractivity contribution in [1.29, 1.82) is 0 Å². The van der Waals surface area contributed by atoms with Crippen molar-refractivity contribution in [2.45, 2.75) is 18.4 Å². The summed E-state index contributed by atoms with van der Waals surface area (Å²) in [6, 6.07) is 15.9. The number of nitrogens with zero attached hydrogens (tertiary/aromatic N) is 2. The Morgan fingerprint density at radius 1 is 1.03 bits per heavy atom. The zero-order valence-corrected chi connectivity index (χ0v) is 17.4. The zero-order valence-electron chi connectivity index (χ0n) is 16.6. The molecule has 5 rings (SSSR count). The quantitative estimate of drug-likeness (QED) is 0.719. The number of fused-ring (bicyclic) bond motifs is 1. The van der Waals surface area contributed by atoms with Gasteiger partial charge in [-0.2, -0.15) is 0 Å². The van der Waals surface area contributed by atoms with Crippen LogP contribution in [0.4, 0.5) is 11.4 Å². The molecule has 0 aromatic heterocycles. The van der Waals surface area contributed by atoms with Gasteiger partial charge in [-0.15, -0.1) is 0 Å². The lowest BCUT2D eigenvalue weighted by Gasteiger charge is -2.44. The largest absolute Gasteiger partial charge is 0.486 e. The minimum atomic E-state index is -0.509. The molecule has 2 aromatic carbocycles. The number of carbonyl (C=O) groups is 1. The lowest BCUT2D eigenvalue weighted by Crippen LogP contribution is -2.57. The summed E-state index contributed by atoms with van der Waals surface area (Å²) in [4.78, 5) is 17.1. The fourth-order valence-electron chi connectivity index (χ4n) is 4.44. The fraction of sp³-hybridized carbons (Fsp3) is 0.364. The van der Waals surface area contributed by atoms with Gasteiger partial charge in [-0.3, -0.25) is 4.79 Å². The van der Waals surface area contributed by atoms with Crippen molar-refractivity contribution in [1.82, 2.24) is 10.2 Å². The molecule has 156 valence electrons. The average Bonchev–Trinajstić information content (AvgIpc) is 3.10. The van der Waals surface area contributed by atoms with Gasteiger partial charge in [0.1, 0.15) is 18.8 Å². The fourth-order valence-corrected chi connectivity index (χ4v) is 4.74. The number of thiocarbonyl (C=S) groups is 1. The number of benzene rings is 2. The van der Waals surface area contributed by atoms with Crippen molar-refractivity contribution in [2.24, 2.45) is 0 Å². The maximum atomic E-state index is 12.8. The second kappa shape index (κ2) is 7.68. The van der Waals surface area contributed by atoms with E-state index in [2.05, 4.69) is 32.6 Å². The molecule has 3 heterocycles. The van der Waals surface area contributed by atoms with Crippen LogP contribution in [0.5, 0.6) is 11.5 Å². The first-order chi connectivity index (χ1) is 14.7. The van der Waals surface area contributed by atoms with E-state index in [0.29, 0.717) is 38.1 Å². The van der Waals surface area contributed by atoms with Gasteiger partial charge in [-0.1, -0.05) is 18.2 Å². The molecule has 2 N–H and O–H groups in total. The Hall–Kier alpha value is -3.00. The van der Waals surface area contributed by atoms with Gasteiger partial charge in [0, 0.05) is 30.5 Å². The highest BCUT2D eigenvalue weighted by molar-refractivity contribution is 7.80. The number of hydrogen-bond donors (Lipinski definition) is 2. The monoisotopic (exact) mass is 424 g/mol. The molecule has 2 fully saturated rings.